The Bertz CT molecular complexity index is 1640. The van der Waals surface area contributed by atoms with Crippen LogP contribution in [0.5, 0.6) is 11.5 Å². The van der Waals surface area contributed by atoms with Crippen LogP contribution in [0.15, 0.2) is 109 Å². The molecule has 0 saturated carbocycles. The molecule has 1 heterocycles. The van der Waals surface area contributed by atoms with E-state index in [2.05, 4.69) is 15.6 Å². The first-order chi connectivity index (χ1) is 19.9. The number of nitrogens with one attached hydrogen (secondary N) is 3. The molecule has 4 aromatic carbocycles. The summed E-state index contributed by atoms with van der Waals surface area (Å²) in [6.45, 7) is -0.840. The zero-order valence-corrected chi connectivity index (χ0v) is 22.0. The van der Waals surface area contributed by atoms with Crippen molar-refractivity contribution in [3.05, 3.63) is 126 Å². The maximum Gasteiger partial charge on any atom is 0.271 e. The topological polar surface area (TPSA) is 104 Å². The number of aromatic nitrogens is 1. The first kappa shape index (κ1) is 27.1. The van der Waals surface area contributed by atoms with Crippen molar-refractivity contribution >= 4 is 34.3 Å². The quantitative estimate of drug-likeness (QED) is 0.214. The summed E-state index contributed by atoms with van der Waals surface area (Å²) in [6, 6.07) is 31.2. The van der Waals surface area contributed by atoms with E-state index in [1.165, 1.54) is 6.07 Å². The molecule has 0 saturated heterocycles. The molecule has 8 nitrogen and oxygen atoms in total. The van der Waals surface area contributed by atoms with Crippen molar-refractivity contribution in [2.45, 2.75) is 6.54 Å². The Morgan fingerprint density at radius 3 is 2.17 bits per heavy atom. The van der Waals surface area contributed by atoms with Gasteiger partial charge in [0.05, 0.1) is 0 Å². The number of rotatable bonds is 10. The second-order valence-electron chi connectivity index (χ2n) is 9.29. The maximum atomic E-state index is 14.0. The van der Waals surface area contributed by atoms with Crippen LogP contribution in [-0.2, 0) is 16.1 Å². The highest BCUT2D eigenvalue weighted by Gasteiger charge is 2.23. The molecule has 9 heteroatoms. The number of hydrogen-bond acceptors (Lipinski definition) is 4. The summed E-state index contributed by atoms with van der Waals surface area (Å²) < 4.78 is 19.8. The smallest absolute Gasteiger partial charge is 0.271 e. The van der Waals surface area contributed by atoms with Crippen LogP contribution in [0.2, 0.25) is 0 Å². The summed E-state index contributed by atoms with van der Waals surface area (Å²) in [5.74, 6) is -0.719. The molecule has 0 atom stereocenters. The van der Waals surface area contributed by atoms with Crippen molar-refractivity contribution < 1.29 is 23.5 Å². The number of anilines is 1. The minimum absolute atomic E-state index is 0.0521. The molecule has 41 heavy (non-hydrogen) atoms. The number of amides is 3. The molecule has 1 aromatic heterocycles. The lowest BCUT2D eigenvalue weighted by molar-refractivity contribution is -0.122. The highest BCUT2D eigenvalue weighted by molar-refractivity contribution is 6.02. The molecule has 5 aromatic rings. The Hall–Kier alpha value is -5.44. The standard InChI is InChI=1S/C32H27FN4O4/c33-27-12-6-4-9-23(27)19-34-30(38)20-37(32(40)29-18-22-8-5-7-13-28(22)36-29)21-31(39)35-24-14-16-26(17-15-24)41-25-10-2-1-3-11-25/h1-18,36H,19-21H2,(H,34,38)(H,35,39). The predicted molar refractivity (Wildman–Crippen MR) is 154 cm³/mol. The van der Waals surface area contributed by atoms with Crippen LogP contribution in [0.4, 0.5) is 10.1 Å². The summed E-state index contributed by atoms with van der Waals surface area (Å²) in [4.78, 5) is 43.4. The monoisotopic (exact) mass is 550 g/mol. The third-order valence-electron chi connectivity index (χ3n) is 6.27. The number of H-pyrrole nitrogens is 1. The van der Waals surface area contributed by atoms with Gasteiger partial charge in [-0.3, -0.25) is 14.4 Å². The summed E-state index contributed by atoms with van der Waals surface area (Å²) in [7, 11) is 0. The number of aromatic amines is 1. The van der Waals surface area contributed by atoms with Crippen LogP contribution in [0.3, 0.4) is 0 Å². The Kier molecular flexibility index (Phi) is 8.35. The molecular weight excluding hydrogens is 523 g/mol. The Balaban J connectivity index is 1.26. The molecule has 0 aliphatic heterocycles. The molecule has 0 unspecified atom stereocenters. The SMILES string of the molecule is O=C(CN(CC(=O)Nc1ccc(Oc2ccccc2)cc1)C(=O)c1cc2ccccc2[nH]1)NCc1ccccc1F. The molecule has 0 aliphatic carbocycles. The third-order valence-corrected chi connectivity index (χ3v) is 6.27. The number of benzene rings is 4. The fraction of sp³-hybridized carbons (Fsp3) is 0.0938. The number of fused-ring (bicyclic) bond motifs is 1. The van der Waals surface area contributed by atoms with Crippen LogP contribution < -0.4 is 15.4 Å². The van der Waals surface area contributed by atoms with Crippen LogP contribution in [-0.4, -0.2) is 40.7 Å². The van der Waals surface area contributed by atoms with Gasteiger partial charge in [-0.05, 0) is 54.6 Å². The number of carbonyl (C=O) groups is 3. The largest absolute Gasteiger partial charge is 0.457 e. The van der Waals surface area contributed by atoms with E-state index >= 15 is 0 Å². The van der Waals surface area contributed by atoms with Crippen molar-refractivity contribution in [3.8, 4) is 11.5 Å². The Labute approximate surface area is 235 Å². The number of halogens is 1. The van der Waals surface area contributed by atoms with E-state index in [1.807, 2.05) is 54.6 Å². The molecule has 3 N–H and O–H groups in total. The van der Waals surface area contributed by atoms with Crippen molar-refractivity contribution in [2.24, 2.45) is 0 Å². The van der Waals surface area contributed by atoms with E-state index in [-0.39, 0.29) is 18.8 Å². The number of para-hydroxylation sites is 2. The van der Waals surface area contributed by atoms with Crippen molar-refractivity contribution in [2.75, 3.05) is 18.4 Å². The van der Waals surface area contributed by atoms with E-state index in [1.54, 1.807) is 48.5 Å². The number of nitrogens with zero attached hydrogens (tertiary/aromatic N) is 1. The van der Waals surface area contributed by atoms with Gasteiger partial charge in [-0.15, -0.1) is 0 Å². The lowest BCUT2D eigenvalue weighted by Gasteiger charge is -2.21. The highest BCUT2D eigenvalue weighted by atomic mass is 19.1. The molecule has 0 fully saturated rings. The zero-order chi connectivity index (χ0) is 28.6. The predicted octanol–water partition coefficient (Wildman–Crippen LogP) is 5.50. The lowest BCUT2D eigenvalue weighted by atomic mass is 10.2. The van der Waals surface area contributed by atoms with E-state index in [0.29, 0.717) is 22.7 Å². The number of hydrogen-bond donors (Lipinski definition) is 3. The molecule has 3 amide bonds. The van der Waals surface area contributed by atoms with Crippen molar-refractivity contribution in [3.63, 3.8) is 0 Å². The van der Waals surface area contributed by atoms with Gasteiger partial charge >= 0.3 is 0 Å². The number of ether oxygens (including phenoxy) is 1. The van der Waals surface area contributed by atoms with Crippen LogP contribution >= 0.6 is 0 Å². The minimum atomic E-state index is -0.534. The van der Waals surface area contributed by atoms with Crippen LogP contribution in [0.1, 0.15) is 16.1 Å². The first-order valence-electron chi connectivity index (χ1n) is 12.9. The summed E-state index contributed by atoms with van der Waals surface area (Å²) in [5, 5.41) is 6.20. The van der Waals surface area contributed by atoms with Gasteiger partial charge in [0.2, 0.25) is 11.8 Å². The van der Waals surface area contributed by atoms with Gasteiger partial charge in [0.25, 0.3) is 5.91 Å². The fourth-order valence-electron chi connectivity index (χ4n) is 4.23. The second-order valence-corrected chi connectivity index (χ2v) is 9.29. The van der Waals surface area contributed by atoms with Crippen LogP contribution in [0.25, 0.3) is 10.9 Å². The second kappa shape index (κ2) is 12.6. The summed E-state index contributed by atoms with van der Waals surface area (Å²) >= 11 is 0. The van der Waals surface area contributed by atoms with E-state index < -0.39 is 30.1 Å². The van der Waals surface area contributed by atoms with E-state index in [9.17, 15) is 18.8 Å². The fourth-order valence-corrected chi connectivity index (χ4v) is 4.23. The lowest BCUT2D eigenvalue weighted by Crippen LogP contribution is -2.44. The number of carbonyl (C=O) groups excluding carboxylic acids is 3. The van der Waals surface area contributed by atoms with Crippen molar-refractivity contribution in [1.82, 2.24) is 15.2 Å². The zero-order valence-electron chi connectivity index (χ0n) is 22.0. The van der Waals surface area contributed by atoms with Gasteiger partial charge in [0.15, 0.2) is 0 Å². The van der Waals surface area contributed by atoms with Gasteiger partial charge in [0, 0.05) is 28.7 Å². The molecule has 0 aliphatic rings. The van der Waals surface area contributed by atoms with Crippen molar-refractivity contribution in [1.29, 1.82) is 0 Å². The average molecular weight is 551 g/mol. The molecule has 0 spiro atoms. The van der Waals surface area contributed by atoms with E-state index in [4.69, 9.17) is 4.74 Å². The van der Waals surface area contributed by atoms with Gasteiger partial charge in [-0.1, -0.05) is 54.6 Å². The van der Waals surface area contributed by atoms with E-state index in [0.717, 1.165) is 15.8 Å². The highest BCUT2D eigenvalue weighted by Crippen LogP contribution is 2.23. The van der Waals surface area contributed by atoms with Gasteiger partial charge in [-0.2, -0.15) is 0 Å². The Morgan fingerprint density at radius 1 is 0.756 bits per heavy atom. The summed E-state index contributed by atoms with van der Waals surface area (Å²) in [6.07, 6.45) is 0. The third kappa shape index (κ3) is 7.15. The molecule has 0 bridgehead atoms. The Morgan fingerprint density at radius 2 is 1.41 bits per heavy atom. The summed E-state index contributed by atoms with van der Waals surface area (Å²) in [5.41, 5.74) is 1.80. The van der Waals surface area contributed by atoms with Gasteiger partial charge in [-0.25, -0.2) is 4.39 Å². The molecule has 5 rings (SSSR count). The maximum absolute atomic E-state index is 14.0. The molecular formula is C32H27FN4O4. The normalized spacial score (nSPS) is 10.7. The first-order valence-corrected chi connectivity index (χ1v) is 12.9. The molecule has 206 valence electrons. The minimum Gasteiger partial charge on any atom is -0.457 e. The van der Waals surface area contributed by atoms with Gasteiger partial charge < -0.3 is 25.3 Å². The average Bonchev–Trinajstić information content (AvgIpc) is 3.42. The van der Waals surface area contributed by atoms with Crippen LogP contribution in [0, 0.1) is 5.82 Å². The molecule has 0 radical (unpaired) electrons. The van der Waals surface area contributed by atoms with Gasteiger partial charge in [0.1, 0.15) is 36.1 Å².